The molecule has 0 saturated heterocycles. The van der Waals surface area contributed by atoms with Gasteiger partial charge in [0, 0.05) is 0 Å². The SMILES string of the molecule is C=CCC1CCCCCC1=C(C#N)C#N. The van der Waals surface area contributed by atoms with Crippen molar-refractivity contribution in [2.24, 2.45) is 5.92 Å². The molecule has 1 atom stereocenters. The standard InChI is InChI=1S/C13H16N2/c1-2-6-11-7-4-3-5-8-13(11)12(9-14)10-15/h2,11H,1,3-8H2. The minimum absolute atomic E-state index is 0.337. The van der Waals surface area contributed by atoms with Crippen LogP contribution in [0.5, 0.6) is 0 Å². The molecule has 0 aromatic rings. The zero-order valence-corrected chi connectivity index (χ0v) is 9.00. The predicted octanol–water partition coefficient (Wildman–Crippen LogP) is 3.49. The highest BCUT2D eigenvalue weighted by atomic mass is 14.3. The van der Waals surface area contributed by atoms with Crippen LogP contribution < -0.4 is 0 Å². The molecular weight excluding hydrogens is 184 g/mol. The van der Waals surface area contributed by atoms with Crippen molar-refractivity contribution < 1.29 is 0 Å². The van der Waals surface area contributed by atoms with Gasteiger partial charge in [-0.25, -0.2) is 0 Å². The fourth-order valence-corrected chi connectivity index (χ4v) is 2.22. The summed E-state index contributed by atoms with van der Waals surface area (Å²) in [5.41, 5.74) is 1.40. The van der Waals surface area contributed by atoms with Crippen LogP contribution in [0.15, 0.2) is 23.8 Å². The van der Waals surface area contributed by atoms with E-state index in [9.17, 15) is 0 Å². The Morgan fingerprint density at radius 1 is 1.33 bits per heavy atom. The van der Waals surface area contributed by atoms with Gasteiger partial charge in [-0.1, -0.05) is 18.9 Å². The predicted molar refractivity (Wildman–Crippen MR) is 59.6 cm³/mol. The highest BCUT2D eigenvalue weighted by Crippen LogP contribution is 2.32. The highest BCUT2D eigenvalue weighted by Gasteiger charge is 2.19. The maximum atomic E-state index is 8.90. The largest absolute Gasteiger partial charge is 0.192 e. The lowest BCUT2D eigenvalue weighted by molar-refractivity contribution is 0.554. The second-order valence-electron chi connectivity index (χ2n) is 3.94. The molecule has 1 saturated carbocycles. The van der Waals surface area contributed by atoms with Crippen molar-refractivity contribution in [1.29, 1.82) is 10.5 Å². The molecule has 2 heteroatoms. The van der Waals surface area contributed by atoms with Crippen LogP contribution in [0.3, 0.4) is 0 Å². The number of rotatable bonds is 2. The molecule has 0 aromatic carbocycles. The minimum Gasteiger partial charge on any atom is -0.192 e. The summed E-state index contributed by atoms with van der Waals surface area (Å²) in [7, 11) is 0. The molecule has 1 aliphatic rings. The van der Waals surface area contributed by atoms with Crippen molar-refractivity contribution >= 4 is 0 Å². The summed E-state index contributed by atoms with van der Waals surface area (Å²) in [6.45, 7) is 3.74. The van der Waals surface area contributed by atoms with Crippen molar-refractivity contribution in [2.45, 2.75) is 38.5 Å². The van der Waals surface area contributed by atoms with E-state index in [0.29, 0.717) is 11.5 Å². The van der Waals surface area contributed by atoms with Gasteiger partial charge in [0.25, 0.3) is 0 Å². The Morgan fingerprint density at radius 3 is 2.67 bits per heavy atom. The molecule has 0 N–H and O–H groups in total. The fourth-order valence-electron chi connectivity index (χ4n) is 2.22. The first-order valence-electron chi connectivity index (χ1n) is 5.47. The fraction of sp³-hybridized carbons (Fsp3) is 0.538. The highest BCUT2D eigenvalue weighted by molar-refractivity contribution is 5.41. The van der Waals surface area contributed by atoms with Crippen LogP contribution in [0.25, 0.3) is 0 Å². The first-order valence-corrected chi connectivity index (χ1v) is 5.47. The molecule has 78 valence electrons. The number of hydrogen-bond donors (Lipinski definition) is 0. The molecule has 0 aliphatic heterocycles. The van der Waals surface area contributed by atoms with Gasteiger partial charge < -0.3 is 0 Å². The van der Waals surface area contributed by atoms with Crippen molar-refractivity contribution in [3.05, 3.63) is 23.8 Å². The average Bonchev–Trinajstić information content (AvgIpc) is 2.47. The molecule has 2 nitrogen and oxygen atoms in total. The van der Waals surface area contributed by atoms with Gasteiger partial charge in [-0.15, -0.1) is 6.58 Å². The van der Waals surface area contributed by atoms with Crippen LogP contribution in [0.4, 0.5) is 0 Å². The van der Waals surface area contributed by atoms with E-state index in [-0.39, 0.29) is 0 Å². The van der Waals surface area contributed by atoms with E-state index >= 15 is 0 Å². The lowest BCUT2D eigenvalue weighted by Gasteiger charge is -2.15. The summed E-state index contributed by atoms with van der Waals surface area (Å²) < 4.78 is 0. The lowest BCUT2D eigenvalue weighted by atomic mass is 9.88. The third kappa shape index (κ3) is 2.96. The van der Waals surface area contributed by atoms with Gasteiger partial charge in [-0.2, -0.15) is 10.5 Å². The van der Waals surface area contributed by atoms with Gasteiger partial charge in [-0.3, -0.25) is 0 Å². The van der Waals surface area contributed by atoms with E-state index in [2.05, 4.69) is 6.58 Å². The number of nitrogens with zero attached hydrogens (tertiary/aromatic N) is 2. The van der Waals surface area contributed by atoms with Gasteiger partial charge in [0.05, 0.1) is 0 Å². The van der Waals surface area contributed by atoms with E-state index in [1.54, 1.807) is 0 Å². The Bertz CT molecular complexity index is 323. The Morgan fingerprint density at radius 2 is 2.07 bits per heavy atom. The van der Waals surface area contributed by atoms with Crippen molar-refractivity contribution in [1.82, 2.24) is 0 Å². The average molecular weight is 200 g/mol. The van der Waals surface area contributed by atoms with Crippen LogP contribution in [0.1, 0.15) is 38.5 Å². The van der Waals surface area contributed by atoms with Crippen molar-refractivity contribution in [2.75, 3.05) is 0 Å². The van der Waals surface area contributed by atoms with Crippen LogP contribution in [0.2, 0.25) is 0 Å². The molecule has 15 heavy (non-hydrogen) atoms. The van der Waals surface area contributed by atoms with Crippen LogP contribution >= 0.6 is 0 Å². The minimum atomic E-state index is 0.337. The molecule has 0 aromatic heterocycles. The van der Waals surface area contributed by atoms with Crippen molar-refractivity contribution in [3.8, 4) is 12.1 Å². The zero-order chi connectivity index (χ0) is 11.1. The first kappa shape index (κ1) is 11.5. The van der Waals surface area contributed by atoms with Gasteiger partial charge in [0.15, 0.2) is 0 Å². The van der Waals surface area contributed by atoms with Gasteiger partial charge in [0.1, 0.15) is 17.7 Å². The summed E-state index contributed by atoms with van der Waals surface area (Å²) in [6, 6.07) is 4.04. The van der Waals surface area contributed by atoms with Crippen LogP contribution in [0, 0.1) is 28.6 Å². The topological polar surface area (TPSA) is 47.6 Å². The lowest BCUT2D eigenvalue weighted by Crippen LogP contribution is -2.04. The van der Waals surface area contributed by atoms with Gasteiger partial charge in [-0.05, 0) is 37.2 Å². The molecule has 1 rings (SSSR count). The summed E-state index contributed by atoms with van der Waals surface area (Å²) in [5.74, 6) is 0.374. The van der Waals surface area contributed by atoms with Gasteiger partial charge in [0.2, 0.25) is 0 Å². The van der Waals surface area contributed by atoms with Crippen molar-refractivity contribution in [3.63, 3.8) is 0 Å². The molecule has 1 fully saturated rings. The summed E-state index contributed by atoms with van der Waals surface area (Å²) in [5, 5.41) is 17.8. The normalized spacial score (nSPS) is 20.9. The van der Waals surface area contributed by atoms with Crippen LogP contribution in [-0.4, -0.2) is 0 Å². The molecular formula is C13H16N2. The Balaban J connectivity index is 2.98. The molecule has 0 radical (unpaired) electrons. The second kappa shape index (κ2) is 6.04. The Labute approximate surface area is 91.5 Å². The van der Waals surface area contributed by atoms with E-state index in [0.717, 1.165) is 31.3 Å². The van der Waals surface area contributed by atoms with Gasteiger partial charge >= 0.3 is 0 Å². The zero-order valence-electron chi connectivity index (χ0n) is 9.00. The monoisotopic (exact) mass is 200 g/mol. The van der Waals surface area contributed by atoms with E-state index in [4.69, 9.17) is 10.5 Å². The quantitative estimate of drug-likeness (QED) is 0.389. The molecule has 0 amide bonds. The summed E-state index contributed by atoms with van der Waals surface area (Å²) >= 11 is 0. The smallest absolute Gasteiger partial charge is 0.129 e. The van der Waals surface area contributed by atoms with E-state index in [1.165, 1.54) is 12.8 Å². The van der Waals surface area contributed by atoms with Crippen LogP contribution in [-0.2, 0) is 0 Å². The molecule has 0 spiro atoms. The number of allylic oxidation sites excluding steroid dienone is 3. The number of nitriles is 2. The third-order valence-electron chi connectivity index (χ3n) is 2.99. The first-order chi connectivity index (χ1) is 7.33. The summed E-state index contributed by atoms with van der Waals surface area (Å²) in [4.78, 5) is 0. The molecule has 1 aliphatic carbocycles. The third-order valence-corrected chi connectivity index (χ3v) is 2.99. The maximum Gasteiger partial charge on any atom is 0.129 e. The molecule has 0 bridgehead atoms. The Kier molecular flexibility index (Phi) is 4.64. The second-order valence-corrected chi connectivity index (χ2v) is 3.94. The number of hydrogen-bond acceptors (Lipinski definition) is 2. The molecule has 1 unspecified atom stereocenters. The molecule has 0 heterocycles. The van der Waals surface area contributed by atoms with E-state index in [1.807, 2.05) is 18.2 Å². The van der Waals surface area contributed by atoms with E-state index < -0.39 is 0 Å². The maximum absolute atomic E-state index is 8.90. The summed E-state index contributed by atoms with van der Waals surface area (Å²) in [6.07, 6.45) is 8.30. The Hall–Kier alpha value is -1.54.